The molecule has 0 spiro atoms. The molecule has 0 amide bonds. The van der Waals surface area contributed by atoms with Crippen LogP contribution < -0.4 is 0 Å². The second-order valence-electron chi connectivity index (χ2n) is 3.68. The first-order valence-electron chi connectivity index (χ1n) is 4.80. The zero-order valence-corrected chi connectivity index (χ0v) is 11.0. The molecule has 1 aliphatic rings. The standard InChI is InChI=1S/C13H8Br2/c14-8-5-6-11-12(7-8)9-3-1-2-4-10(9)13(11)15/h1-7,13H/t13-/m0/s1. The molecule has 0 aliphatic heterocycles. The Kier molecular flexibility index (Phi) is 2.22. The average molecular weight is 324 g/mol. The van der Waals surface area contributed by atoms with Crippen molar-refractivity contribution in [3.63, 3.8) is 0 Å². The molecule has 0 radical (unpaired) electrons. The molecule has 0 unspecified atom stereocenters. The van der Waals surface area contributed by atoms with Crippen molar-refractivity contribution in [2.24, 2.45) is 0 Å². The molecule has 0 N–H and O–H groups in total. The Bertz CT molecular complexity index is 532. The van der Waals surface area contributed by atoms with Crippen LogP contribution in [0.25, 0.3) is 11.1 Å². The molecular formula is C13H8Br2. The summed E-state index contributed by atoms with van der Waals surface area (Å²) in [6.07, 6.45) is 0. The van der Waals surface area contributed by atoms with Crippen LogP contribution in [0.15, 0.2) is 46.9 Å². The van der Waals surface area contributed by atoms with Crippen molar-refractivity contribution in [3.05, 3.63) is 58.1 Å². The first-order chi connectivity index (χ1) is 7.27. The summed E-state index contributed by atoms with van der Waals surface area (Å²) in [7, 11) is 0. The van der Waals surface area contributed by atoms with Gasteiger partial charge in [0.2, 0.25) is 0 Å². The summed E-state index contributed by atoms with van der Waals surface area (Å²) in [5, 5.41) is 0. The first kappa shape index (κ1) is 9.61. The van der Waals surface area contributed by atoms with E-state index in [1.807, 2.05) is 0 Å². The van der Waals surface area contributed by atoms with Crippen LogP contribution in [0.2, 0.25) is 0 Å². The molecule has 0 bridgehead atoms. The third-order valence-electron chi connectivity index (χ3n) is 2.81. The van der Waals surface area contributed by atoms with Crippen LogP contribution in [0.4, 0.5) is 0 Å². The van der Waals surface area contributed by atoms with E-state index in [9.17, 15) is 0 Å². The van der Waals surface area contributed by atoms with E-state index in [1.165, 1.54) is 22.3 Å². The lowest BCUT2D eigenvalue weighted by atomic mass is 10.1. The number of alkyl halides is 1. The highest BCUT2D eigenvalue weighted by atomic mass is 79.9. The minimum atomic E-state index is 0.344. The summed E-state index contributed by atoms with van der Waals surface area (Å²) < 4.78 is 1.14. The van der Waals surface area contributed by atoms with Crippen LogP contribution in [0.3, 0.4) is 0 Å². The van der Waals surface area contributed by atoms with E-state index < -0.39 is 0 Å². The van der Waals surface area contributed by atoms with Gasteiger partial charge in [0.25, 0.3) is 0 Å². The Morgan fingerprint density at radius 1 is 0.867 bits per heavy atom. The zero-order valence-electron chi connectivity index (χ0n) is 7.87. The van der Waals surface area contributed by atoms with Crippen LogP contribution >= 0.6 is 31.9 Å². The maximum absolute atomic E-state index is 3.74. The second-order valence-corrected chi connectivity index (χ2v) is 5.51. The number of hydrogen-bond donors (Lipinski definition) is 0. The lowest BCUT2D eigenvalue weighted by Crippen LogP contribution is -1.84. The summed E-state index contributed by atoms with van der Waals surface area (Å²) in [5.41, 5.74) is 5.41. The van der Waals surface area contributed by atoms with Gasteiger partial charge in [0.05, 0.1) is 4.83 Å². The average Bonchev–Trinajstić information content (AvgIpc) is 2.54. The smallest absolute Gasteiger partial charge is 0.0656 e. The molecule has 0 saturated heterocycles. The van der Waals surface area contributed by atoms with Crippen LogP contribution in [-0.4, -0.2) is 0 Å². The van der Waals surface area contributed by atoms with Gasteiger partial charge in [-0.3, -0.25) is 0 Å². The predicted octanol–water partition coefficient (Wildman–Crippen LogP) is 4.91. The molecule has 0 aromatic heterocycles. The van der Waals surface area contributed by atoms with Crippen molar-refractivity contribution in [2.75, 3.05) is 0 Å². The maximum Gasteiger partial charge on any atom is 0.0656 e. The Hall–Kier alpha value is -0.600. The summed E-state index contributed by atoms with van der Waals surface area (Å²) in [5.74, 6) is 0. The fourth-order valence-corrected chi connectivity index (χ4v) is 3.27. The van der Waals surface area contributed by atoms with Gasteiger partial charge in [-0.1, -0.05) is 62.2 Å². The van der Waals surface area contributed by atoms with Crippen LogP contribution in [0, 0.1) is 0 Å². The number of fused-ring (bicyclic) bond motifs is 3. The van der Waals surface area contributed by atoms with E-state index in [0.717, 1.165) is 4.47 Å². The molecule has 2 heteroatoms. The topological polar surface area (TPSA) is 0 Å². The van der Waals surface area contributed by atoms with Gasteiger partial charge in [0.15, 0.2) is 0 Å². The molecule has 15 heavy (non-hydrogen) atoms. The molecule has 0 fully saturated rings. The molecule has 1 aliphatic carbocycles. The molecule has 0 saturated carbocycles. The summed E-state index contributed by atoms with van der Waals surface area (Å²) in [6, 6.07) is 15.0. The zero-order chi connectivity index (χ0) is 10.4. The SMILES string of the molecule is Brc1ccc2c(c1)-c1ccccc1[C@@H]2Br. The van der Waals surface area contributed by atoms with E-state index in [-0.39, 0.29) is 0 Å². The van der Waals surface area contributed by atoms with Gasteiger partial charge >= 0.3 is 0 Å². The molecule has 74 valence electrons. The molecule has 2 aromatic rings. The van der Waals surface area contributed by atoms with Crippen LogP contribution in [0.1, 0.15) is 16.0 Å². The highest BCUT2D eigenvalue weighted by Gasteiger charge is 2.25. The highest BCUT2D eigenvalue weighted by molar-refractivity contribution is 9.10. The van der Waals surface area contributed by atoms with E-state index in [4.69, 9.17) is 0 Å². The van der Waals surface area contributed by atoms with Crippen LogP contribution in [-0.2, 0) is 0 Å². The maximum atomic E-state index is 3.74. The fraction of sp³-hybridized carbons (Fsp3) is 0.0769. The largest absolute Gasteiger partial charge is 0.0786 e. The van der Waals surface area contributed by atoms with Crippen molar-refractivity contribution in [3.8, 4) is 11.1 Å². The lowest BCUT2D eigenvalue weighted by molar-refractivity contribution is 1.24. The Labute approximate surface area is 106 Å². The molecule has 2 aromatic carbocycles. The first-order valence-corrected chi connectivity index (χ1v) is 6.51. The van der Waals surface area contributed by atoms with Gasteiger partial charge in [-0.05, 0) is 34.4 Å². The van der Waals surface area contributed by atoms with Crippen molar-refractivity contribution >= 4 is 31.9 Å². The quantitative estimate of drug-likeness (QED) is 0.604. The molecule has 1 atom stereocenters. The monoisotopic (exact) mass is 322 g/mol. The van der Waals surface area contributed by atoms with Crippen molar-refractivity contribution in [1.29, 1.82) is 0 Å². The number of rotatable bonds is 0. The number of benzene rings is 2. The van der Waals surface area contributed by atoms with Gasteiger partial charge in [0.1, 0.15) is 0 Å². The Balaban J connectivity index is 2.34. The Morgan fingerprint density at radius 2 is 1.60 bits per heavy atom. The molecule has 0 heterocycles. The molecule has 3 rings (SSSR count). The van der Waals surface area contributed by atoms with Crippen molar-refractivity contribution in [1.82, 2.24) is 0 Å². The van der Waals surface area contributed by atoms with E-state index >= 15 is 0 Å². The van der Waals surface area contributed by atoms with Crippen LogP contribution in [0.5, 0.6) is 0 Å². The van der Waals surface area contributed by atoms with Gasteiger partial charge in [-0.15, -0.1) is 0 Å². The minimum Gasteiger partial charge on any atom is -0.0786 e. The lowest BCUT2D eigenvalue weighted by Gasteiger charge is -2.03. The number of hydrogen-bond acceptors (Lipinski definition) is 0. The third-order valence-corrected chi connectivity index (χ3v) is 4.29. The van der Waals surface area contributed by atoms with E-state index in [2.05, 4.69) is 74.3 Å². The van der Waals surface area contributed by atoms with E-state index in [1.54, 1.807) is 0 Å². The van der Waals surface area contributed by atoms with E-state index in [0.29, 0.717) is 4.83 Å². The normalized spacial score (nSPS) is 17.3. The third kappa shape index (κ3) is 1.39. The predicted molar refractivity (Wildman–Crippen MR) is 70.3 cm³/mol. The minimum absolute atomic E-state index is 0.344. The molecule has 0 nitrogen and oxygen atoms in total. The highest BCUT2D eigenvalue weighted by Crippen LogP contribution is 2.48. The van der Waals surface area contributed by atoms with Gasteiger partial charge in [0, 0.05) is 4.47 Å². The van der Waals surface area contributed by atoms with Crippen molar-refractivity contribution in [2.45, 2.75) is 4.83 Å². The summed E-state index contributed by atoms with van der Waals surface area (Å²) in [4.78, 5) is 0.344. The van der Waals surface area contributed by atoms with Gasteiger partial charge < -0.3 is 0 Å². The fourth-order valence-electron chi connectivity index (χ4n) is 2.11. The summed E-state index contributed by atoms with van der Waals surface area (Å²) in [6.45, 7) is 0. The Morgan fingerprint density at radius 3 is 2.47 bits per heavy atom. The van der Waals surface area contributed by atoms with Gasteiger partial charge in [-0.25, -0.2) is 0 Å². The second kappa shape index (κ2) is 3.46. The molecular weight excluding hydrogens is 316 g/mol. The van der Waals surface area contributed by atoms with Gasteiger partial charge in [-0.2, -0.15) is 0 Å². The number of halogens is 2. The summed E-state index contributed by atoms with van der Waals surface area (Å²) >= 11 is 7.27. The van der Waals surface area contributed by atoms with Crippen molar-refractivity contribution < 1.29 is 0 Å².